The van der Waals surface area contributed by atoms with Gasteiger partial charge in [0.2, 0.25) is 5.28 Å². The van der Waals surface area contributed by atoms with Crippen molar-refractivity contribution in [3.63, 3.8) is 0 Å². The molecule has 0 aromatic carbocycles. The second kappa shape index (κ2) is 7.31. The number of aryl methyl sites for hydroxylation is 1. The average molecular weight is 357 g/mol. The molecule has 0 saturated heterocycles. The zero-order valence-corrected chi connectivity index (χ0v) is 15.3. The van der Waals surface area contributed by atoms with Crippen molar-refractivity contribution < 1.29 is 9.53 Å². The fourth-order valence-corrected chi connectivity index (χ4v) is 3.10. The highest BCUT2D eigenvalue weighted by Gasteiger charge is 2.15. The number of hydrogen-bond acceptors (Lipinski definition) is 6. The molecule has 126 valence electrons. The first-order chi connectivity index (χ1) is 10.8. The van der Waals surface area contributed by atoms with Gasteiger partial charge in [0.15, 0.2) is 0 Å². The molecule has 0 spiro atoms. The van der Waals surface area contributed by atoms with Gasteiger partial charge in [-0.2, -0.15) is 0 Å². The number of nitrogens with zero attached hydrogens (tertiary/aromatic N) is 2. The van der Waals surface area contributed by atoms with Gasteiger partial charge in [0.05, 0.1) is 5.39 Å². The first-order valence-electron chi connectivity index (χ1n) is 7.45. The van der Waals surface area contributed by atoms with E-state index in [-0.39, 0.29) is 5.28 Å². The van der Waals surface area contributed by atoms with E-state index in [1.54, 1.807) is 11.3 Å². The van der Waals surface area contributed by atoms with E-state index in [0.29, 0.717) is 18.9 Å². The number of anilines is 1. The van der Waals surface area contributed by atoms with Crippen LogP contribution in [-0.2, 0) is 11.2 Å². The number of carbonyl (C=O) groups is 1. The van der Waals surface area contributed by atoms with Crippen LogP contribution in [0, 0.1) is 0 Å². The van der Waals surface area contributed by atoms with Crippen LogP contribution >= 0.6 is 22.9 Å². The fourth-order valence-electron chi connectivity index (χ4n) is 1.91. The molecule has 6 nitrogen and oxygen atoms in total. The summed E-state index contributed by atoms with van der Waals surface area (Å²) < 4.78 is 5.17. The molecule has 0 aliphatic carbocycles. The van der Waals surface area contributed by atoms with Crippen LogP contribution in [0.2, 0.25) is 5.28 Å². The Morgan fingerprint density at radius 1 is 1.35 bits per heavy atom. The summed E-state index contributed by atoms with van der Waals surface area (Å²) in [7, 11) is 0. The van der Waals surface area contributed by atoms with Gasteiger partial charge >= 0.3 is 6.09 Å². The lowest BCUT2D eigenvalue weighted by atomic mass is 10.2. The Balaban J connectivity index is 1.94. The minimum absolute atomic E-state index is 0.213. The molecule has 0 unspecified atom stereocenters. The molecule has 2 rings (SSSR count). The van der Waals surface area contributed by atoms with Gasteiger partial charge in [-0.15, -0.1) is 11.3 Å². The lowest BCUT2D eigenvalue weighted by Crippen LogP contribution is -2.35. The highest BCUT2D eigenvalue weighted by Crippen LogP contribution is 2.30. The summed E-state index contributed by atoms with van der Waals surface area (Å²) >= 11 is 7.58. The summed E-state index contributed by atoms with van der Waals surface area (Å²) in [4.78, 5) is 22.1. The monoisotopic (exact) mass is 356 g/mol. The average Bonchev–Trinajstić information content (AvgIpc) is 2.84. The molecule has 8 heteroatoms. The van der Waals surface area contributed by atoms with Crippen LogP contribution in [-0.4, -0.2) is 34.8 Å². The molecule has 0 aliphatic heterocycles. The number of amides is 1. The number of nitrogens with one attached hydrogen (secondary N) is 2. The molecule has 0 bridgehead atoms. The van der Waals surface area contributed by atoms with Gasteiger partial charge in [-0.25, -0.2) is 14.8 Å². The van der Waals surface area contributed by atoms with Crippen LogP contribution in [0.15, 0.2) is 6.07 Å². The van der Waals surface area contributed by atoms with E-state index in [0.717, 1.165) is 16.6 Å². The third-order valence-corrected chi connectivity index (χ3v) is 4.19. The molecular formula is C15H21ClN4O2S. The van der Waals surface area contributed by atoms with Gasteiger partial charge in [0.1, 0.15) is 16.2 Å². The smallest absolute Gasteiger partial charge is 0.407 e. The summed E-state index contributed by atoms with van der Waals surface area (Å²) in [5.74, 6) is 0.682. The Morgan fingerprint density at radius 2 is 2.09 bits per heavy atom. The van der Waals surface area contributed by atoms with E-state index in [2.05, 4.69) is 33.6 Å². The maximum atomic E-state index is 11.6. The van der Waals surface area contributed by atoms with Crippen molar-refractivity contribution in [2.45, 2.75) is 39.7 Å². The van der Waals surface area contributed by atoms with Crippen molar-refractivity contribution >= 4 is 45.1 Å². The number of hydrogen-bond donors (Lipinski definition) is 2. The fraction of sp³-hybridized carbons (Fsp3) is 0.533. The van der Waals surface area contributed by atoms with Crippen LogP contribution in [0.25, 0.3) is 10.2 Å². The molecule has 23 heavy (non-hydrogen) atoms. The Bertz CT molecular complexity index is 697. The molecule has 1 amide bonds. The van der Waals surface area contributed by atoms with Gasteiger partial charge in [-0.1, -0.05) is 6.92 Å². The molecule has 2 aromatic rings. The molecule has 0 fully saturated rings. The largest absolute Gasteiger partial charge is 0.444 e. The van der Waals surface area contributed by atoms with Crippen molar-refractivity contribution in [1.82, 2.24) is 15.3 Å². The molecule has 0 saturated carbocycles. The lowest BCUT2D eigenvalue weighted by Gasteiger charge is -2.19. The summed E-state index contributed by atoms with van der Waals surface area (Å²) in [6.45, 7) is 8.50. The highest BCUT2D eigenvalue weighted by molar-refractivity contribution is 7.18. The number of halogens is 1. The Hall–Kier alpha value is -1.60. The Labute approximate surface area is 144 Å². The SMILES string of the molecule is CCc1cc2c(NCCNC(=O)OC(C)(C)C)nc(Cl)nc2s1. The van der Waals surface area contributed by atoms with Gasteiger partial charge < -0.3 is 15.4 Å². The topological polar surface area (TPSA) is 76.1 Å². The van der Waals surface area contributed by atoms with E-state index < -0.39 is 11.7 Å². The first kappa shape index (κ1) is 17.7. The standard InChI is InChI=1S/C15H21ClN4O2S/c1-5-9-8-10-11(19-13(16)20-12(10)23-9)17-6-7-18-14(21)22-15(2,3)4/h8H,5-7H2,1-4H3,(H,18,21)(H,17,19,20). The minimum Gasteiger partial charge on any atom is -0.444 e. The van der Waals surface area contributed by atoms with Gasteiger partial charge in [0.25, 0.3) is 0 Å². The maximum Gasteiger partial charge on any atom is 0.407 e. The van der Waals surface area contributed by atoms with Crippen LogP contribution in [0.1, 0.15) is 32.6 Å². The van der Waals surface area contributed by atoms with Crippen LogP contribution in [0.4, 0.5) is 10.6 Å². The maximum absolute atomic E-state index is 11.6. The number of rotatable bonds is 5. The molecule has 0 radical (unpaired) electrons. The van der Waals surface area contributed by atoms with Crippen molar-refractivity contribution in [1.29, 1.82) is 0 Å². The van der Waals surface area contributed by atoms with E-state index in [1.807, 2.05) is 20.8 Å². The summed E-state index contributed by atoms with van der Waals surface area (Å²) in [5, 5.41) is 7.04. The number of carbonyl (C=O) groups excluding carboxylic acids is 1. The molecule has 2 N–H and O–H groups in total. The number of fused-ring (bicyclic) bond motifs is 1. The molecule has 0 atom stereocenters. The van der Waals surface area contributed by atoms with Gasteiger partial charge in [0, 0.05) is 18.0 Å². The summed E-state index contributed by atoms with van der Waals surface area (Å²) in [5.41, 5.74) is -0.503. The third-order valence-electron chi connectivity index (χ3n) is 2.85. The minimum atomic E-state index is -0.503. The zero-order chi connectivity index (χ0) is 17.0. The number of thiophene rings is 1. The summed E-state index contributed by atoms with van der Waals surface area (Å²) in [6.07, 6.45) is 0.507. The van der Waals surface area contributed by atoms with E-state index in [9.17, 15) is 4.79 Å². The van der Waals surface area contributed by atoms with Crippen molar-refractivity contribution in [3.05, 3.63) is 16.2 Å². The number of aromatic nitrogens is 2. The molecule has 2 heterocycles. The second-order valence-electron chi connectivity index (χ2n) is 5.98. The van der Waals surface area contributed by atoms with E-state index in [1.165, 1.54) is 4.88 Å². The molecule has 2 aromatic heterocycles. The second-order valence-corrected chi connectivity index (χ2v) is 7.44. The Morgan fingerprint density at radius 3 is 2.74 bits per heavy atom. The molecular weight excluding hydrogens is 336 g/mol. The van der Waals surface area contributed by atoms with E-state index >= 15 is 0 Å². The number of ether oxygens (including phenoxy) is 1. The van der Waals surface area contributed by atoms with Crippen LogP contribution in [0.5, 0.6) is 0 Å². The van der Waals surface area contributed by atoms with Crippen LogP contribution < -0.4 is 10.6 Å². The third kappa shape index (κ3) is 5.21. The van der Waals surface area contributed by atoms with Crippen molar-refractivity contribution in [2.24, 2.45) is 0 Å². The van der Waals surface area contributed by atoms with Gasteiger partial charge in [-0.05, 0) is 44.9 Å². The first-order valence-corrected chi connectivity index (χ1v) is 8.64. The quantitative estimate of drug-likeness (QED) is 0.628. The van der Waals surface area contributed by atoms with Crippen LogP contribution in [0.3, 0.4) is 0 Å². The Kier molecular flexibility index (Phi) is 5.64. The highest BCUT2D eigenvalue weighted by atomic mass is 35.5. The number of alkyl carbamates (subject to hydrolysis) is 1. The van der Waals surface area contributed by atoms with Crippen molar-refractivity contribution in [2.75, 3.05) is 18.4 Å². The zero-order valence-electron chi connectivity index (χ0n) is 13.7. The summed E-state index contributed by atoms with van der Waals surface area (Å²) in [6, 6.07) is 2.07. The predicted molar refractivity (Wildman–Crippen MR) is 94.5 cm³/mol. The lowest BCUT2D eigenvalue weighted by molar-refractivity contribution is 0.0530. The van der Waals surface area contributed by atoms with Gasteiger partial charge in [-0.3, -0.25) is 0 Å². The van der Waals surface area contributed by atoms with Crippen molar-refractivity contribution in [3.8, 4) is 0 Å². The predicted octanol–water partition coefficient (Wildman–Crippen LogP) is 3.84. The molecule has 0 aliphatic rings. The van der Waals surface area contributed by atoms with E-state index in [4.69, 9.17) is 16.3 Å². The normalized spacial score (nSPS) is 11.5.